The molecular weight excluding hydrogens is 293 g/mol. The Morgan fingerprint density at radius 2 is 1.95 bits per heavy atom. The first-order valence-corrected chi connectivity index (χ1v) is 7.34. The molecule has 2 nitrogen and oxygen atoms in total. The van der Waals surface area contributed by atoms with Crippen LogP contribution in [0, 0.1) is 0 Å². The lowest BCUT2D eigenvalue weighted by Gasteiger charge is -2.14. The highest BCUT2D eigenvalue weighted by atomic mass is 35.5. The van der Waals surface area contributed by atoms with Gasteiger partial charge in [-0.15, -0.1) is 0 Å². The minimum absolute atomic E-state index is 0.148. The predicted octanol–water partition coefficient (Wildman–Crippen LogP) is 4.18. The van der Waals surface area contributed by atoms with Crippen molar-refractivity contribution in [2.45, 2.75) is 12.5 Å². The molecule has 2 aromatic carbocycles. The smallest absolute Gasteiger partial charge is 0.132 e. The molecule has 0 bridgehead atoms. The van der Waals surface area contributed by atoms with Crippen molar-refractivity contribution in [2.75, 3.05) is 13.6 Å². The topological polar surface area (TPSA) is 21.3 Å². The van der Waals surface area contributed by atoms with Crippen LogP contribution in [-0.2, 0) is 6.42 Å². The Balaban J connectivity index is 2.10. The Kier molecular flexibility index (Phi) is 3.88. The highest BCUT2D eigenvalue weighted by Gasteiger charge is 2.27. The lowest BCUT2D eigenvalue weighted by Crippen LogP contribution is -2.27. The van der Waals surface area contributed by atoms with Crippen molar-refractivity contribution in [3.63, 3.8) is 0 Å². The molecule has 1 aliphatic heterocycles. The van der Waals surface area contributed by atoms with Gasteiger partial charge in [-0.3, -0.25) is 0 Å². The van der Waals surface area contributed by atoms with Gasteiger partial charge in [0.05, 0.1) is 5.02 Å². The van der Waals surface area contributed by atoms with E-state index < -0.39 is 0 Å². The Morgan fingerprint density at radius 3 is 2.70 bits per heavy atom. The van der Waals surface area contributed by atoms with Crippen molar-refractivity contribution < 1.29 is 4.74 Å². The highest BCUT2D eigenvalue weighted by Crippen LogP contribution is 2.45. The zero-order chi connectivity index (χ0) is 14.1. The zero-order valence-corrected chi connectivity index (χ0v) is 12.6. The minimum atomic E-state index is 0.148. The van der Waals surface area contributed by atoms with Crippen LogP contribution >= 0.6 is 23.2 Å². The second kappa shape index (κ2) is 5.65. The molecule has 1 atom stereocenters. The molecule has 1 heterocycles. The molecule has 0 aromatic heterocycles. The normalized spacial score (nSPS) is 16.9. The fourth-order valence-electron chi connectivity index (χ4n) is 2.61. The van der Waals surface area contributed by atoms with Crippen molar-refractivity contribution in [1.29, 1.82) is 0 Å². The van der Waals surface area contributed by atoms with E-state index in [4.69, 9.17) is 27.9 Å². The molecule has 104 valence electrons. The molecule has 0 radical (unpaired) electrons. The first-order chi connectivity index (χ1) is 9.70. The van der Waals surface area contributed by atoms with Gasteiger partial charge >= 0.3 is 0 Å². The van der Waals surface area contributed by atoms with Crippen LogP contribution in [0.4, 0.5) is 0 Å². The van der Waals surface area contributed by atoms with Crippen molar-refractivity contribution in [3.05, 3.63) is 52.0 Å². The van der Waals surface area contributed by atoms with Gasteiger partial charge in [-0.05, 0) is 24.7 Å². The van der Waals surface area contributed by atoms with E-state index in [2.05, 4.69) is 5.32 Å². The number of rotatable bonds is 3. The monoisotopic (exact) mass is 307 g/mol. The van der Waals surface area contributed by atoms with Crippen LogP contribution < -0.4 is 10.1 Å². The van der Waals surface area contributed by atoms with E-state index >= 15 is 0 Å². The van der Waals surface area contributed by atoms with Gasteiger partial charge in [0, 0.05) is 29.1 Å². The minimum Gasteiger partial charge on any atom is -0.488 e. The molecular formula is C16H15Cl2NO. The van der Waals surface area contributed by atoms with Gasteiger partial charge in [0.15, 0.2) is 0 Å². The molecule has 1 N–H and O–H groups in total. The van der Waals surface area contributed by atoms with E-state index in [0.29, 0.717) is 10.0 Å². The molecule has 1 unspecified atom stereocenters. The maximum absolute atomic E-state index is 6.38. The molecule has 4 heteroatoms. The molecule has 0 saturated carbocycles. The third-order valence-corrected chi connectivity index (χ3v) is 4.14. The molecule has 0 saturated heterocycles. The third-order valence-electron chi connectivity index (χ3n) is 3.50. The molecule has 0 aliphatic carbocycles. The predicted molar refractivity (Wildman–Crippen MR) is 83.9 cm³/mol. The molecule has 2 aromatic rings. The second-order valence-corrected chi connectivity index (χ2v) is 5.71. The average Bonchev–Trinajstić information content (AvgIpc) is 2.83. The lowest BCUT2D eigenvalue weighted by atomic mass is 10.0. The van der Waals surface area contributed by atoms with Gasteiger partial charge in [-0.2, -0.15) is 0 Å². The summed E-state index contributed by atoms with van der Waals surface area (Å²) in [5, 5.41) is 4.50. The fourth-order valence-corrected chi connectivity index (χ4v) is 3.09. The van der Waals surface area contributed by atoms with Crippen molar-refractivity contribution in [2.24, 2.45) is 0 Å². The summed E-state index contributed by atoms with van der Waals surface area (Å²) >= 11 is 12.7. The van der Waals surface area contributed by atoms with E-state index in [1.54, 1.807) is 0 Å². The molecule has 0 fully saturated rings. The van der Waals surface area contributed by atoms with E-state index in [-0.39, 0.29) is 6.10 Å². The van der Waals surface area contributed by atoms with Gasteiger partial charge in [0.25, 0.3) is 0 Å². The fraction of sp³-hybridized carbons (Fsp3) is 0.250. The van der Waals surface area contributed by atoms with Crippen molar-refractivity contribution in [1.82, 2.24) is 5.32 Å². The second-order valence-electron chi connectivity index (χ2n) is 4.89. The number of likely N-dealkylation sites (N-methyl/N-ethyl adjacent to an activating group) is 1. The van der Waals surface area contributed by atoms with Crippen LogP contribution in [0.25, 0.3) is 11.1 Å². The standard InChI is InChI=1S/C16H15Cl2NO/c1-19-9-11-8-10-6-7-14(18)15(16(10)20-11)12-4-2-3-5-13(12)17/h2-7,11,19H,8-9H2,1H3. The number of ether oxygens (including phenoxy) is 1. The Bertz CT molecular complexity index is 642. The lowest BCUT2D eigenvalue weighted by molar-refractivity contribution is 0.232. The summed E-state index contributed by atoms with van der Waals surface area (Å²) in [7, 11) is 1.92. The Labute approximate surface area is 128 Å². The van der Waals surface area contributed by atoms with Crippen LogP contribution in [0.5, 0.6) is 5.75 Å². The highest BCUT2D eigenvalue weighted by molar-refractivity contribution is 6.36. The van der Waals surface area contributed by atoms with E-state index in [0.717, 1.165) is 29.8 Å². The Hall–Kier alpha value is -1.22. The SMILES string of the molecule is CNCC1Cc2ccc(Cl)c(-c3ccccc3Cl)c2O1. The van der Waals surface area contributed by atoms with E-state index in [1.807, 2.05) is 43.4 Å². The zero-order valence-electron chi connectivity index (χ0n) is 11.1. The summed E-state index contributed by atoms with van der Waals surface area (Å²) in [4.78, 5) is 0. The summed E-state index contributed by atoms with van der Waals surface area (Å²) in [6.45, 7) is 0.814. The summed E-state index contributed by atoms with van der Waals surface area (Å²) < 4.78 is 6.06. The summed E-state index contributed by atoms with van der Waals surface area (Å²) in [5.74, 6) is 0.867. The van der Waals surface area contributed by atoms with Gasteiger partial charge in [0.1, 0.15) is 11.9 Å². The average molecular weight is 308 g/mol. The number of hydrogen-bond acceptors (Lipinski definition) is 2. The van der Waals surface area contributed by atoms with Gasteiger partial charge in [0.2, 0.25) is 0 Å². The maximum Gasteiger partial charge on any atom is 0.132 e. The molecule has 20 heavy (non-hydrogen) atoms. The van der Waals surface area contributed by atoms with E-state index in [1.165, 1.54) is 5.56 Å². The Morgan fingerprint density at radius 1 is 1.15 bits per heavy atom. The first kappa shape index (κ1) is 13.7. The molecule has 1 aliphatic rings. The number of nitrogens with one attached hydrogen (secondary N) is 1. The van der Waals surface area contributed by atoms with Gasteiger partial charge < -0.3 is 10.1 Å². The summed E-state index contributed by atoms with van der Waals surface area (Å²) in [6, 6.07) is 11.7. The largest absolute Gasteiger partial charge is 0.488 e. The molecule has 0 amide bonds. The van der Waals surface area contributed by atoms with E-state index in [9.17, 15) is 0 Å². The van der Waals surface area contributed by atoms with Crippen LogP contribution in [0.1, 0.15) is 5.56 Å². The van der Waals surface area contributed by atoms with Crippen LogP contribution in [-0.4, -0.2) is 19.7 Å². The summed E-state index contributed by atoms with van der Waals surface area (Å²) in [5.41, 5.74) is 3.00. The van der Waals surface area contributed by atoms with Gasteiger partial charge in [-0.25, -0.2) is 0 Å². The summed E-state index contributed by atoms with van der Waals surface area (Å²) in [6.07, 6.45) is 1.04. The quantitative estimate of drug-likeness (QED) is 0.918. The molecule has 0 spiro atoms. The van der Waals surface area contributed by atoms with Crippen LogP contribution in [0.3, 0.4) is 0 Å². The van der Waals surface area contributed by atoms with Crippen molar-refractivity contribution in [3.8, 4) is 16.9 Å². The van der Waals surface area contributed by atoms with Gasteiger partial charge in [-0.1, -0.05) is 47.5 Å². The van der Waals surface area contributed by atoms with Crippen molar-refractivity contribution >= 4 is 23.2 Å². The number of halogens is 2. The number of benzene rings is 2. The first-order valence-electron chi connectivity index (χ1n) is 6.58. The molecule has 3 rings (SSSR count). The third kappa shape index (κ3) is 2.39. The number of hydrogen-bond donors (Lipinski definition) is 1. The maximum atomic E-state index is 6.38. The van der Waals surface area contributed by atoms with Crippen LogP contribution in [0.2, 0.25) is 10.0 Å². The number of fused-ring (bicyclic) bond motifs is 1. The van der Waals surface area contributed by atoms with Crippen LogP contribution in [0.15, 0.2) is 36.4 Å².